The number of rotatable bonds is 4. The molecule has 1 aliphatic carbocycles. The van der Waals surface area contributed by atoms with E-state index in [0.29, 0.717) is 23.2 Å². The summed E-state index contributed by atoms with van der Waals surface area (Å²) in [6.45, 7) is 4.43. The second-order valence-corrected chi connectivity index (χ2v) is 6.37. The van der Waals surface area contributed by atoms with Crippen molar-refractivity contribution in [2.45, 2.75) is 45.6 Å². The lowest BCUT2D eigenvalue weighted by molar-refractivity contribution is 0.0889. The molecule has 1 amide bonds. The fraction of sp³-hybridized carbons (Fsp3) is 0.600. The van der Waals surface area contributed by atoms with E-state index in [2.05, 4.69) is 29.6 Å². The van der Waals surface area contributed by atoms with Gasteiger partial charge in [-0.25, -0.2) is 10.8 Å². The third-order valence-corrected chi connectivity index (χ3v) is 4.39. The number of hydrazine groups is 1. The number of amides is 1. The molecule has 1 aromatic rings. The first kappa shape index (κ1) is 16.0. The van der Waals surface area contributed by atoms with Gasteiger partial charge in [-0.2, -0.15) is 0 Å². The van der Waals surface area contributed by atoms with E-state index in [9.17, 15) is 4.79 Å². The van der Waals surface area contributed by atoms with Crippen LogP contribution in [-0.2, 0) is 0 Å². The van der Waals surface area contributed by atoms with Crippen LogP contribution in [0.1, 0.15) is 49.9 Å². The van der Waals surface area contributed by atoms with Gasteiger partial charge in [-0.3, -0.25) is 4.79 Å². The molecular weight excluding hydrogens is 288 g/mol. The number of anilines is 1. The highest BCUT2D eigenvalue weighted by atomic mass is 35.5. The van der Waals surface area contributed by atoms with Gasteiger partial charge in [-0.15, -0.1) is 0 Å². The Bertz CT molecular complexity index is 506. The fourth-order valence-corrected chi connectivity index (χ4v) is 3.30. The number of carbonyl (C=O) groups is 1. The van der Waals surface area contributed by atoms with Crippen LogP contribution in [-0.4, -0.2) is 16.9 Å². The van der Waals surface area contributed by atoms with Crippen LogP contribution in [0.3, 0.4) is 0 Å². The van der Waals surface area contributed by atoms with E-state index in [0.717, 1.165) is 6.42 Å². The number of carbonyl (C=O) groups excluding carboxylic acids is 1. The zero-order valence-corrected chi connectivity index (χ0v) is 13.3. The predicted octanol–water partition coefficient (Wildman–Crippen LogP) is 2.97. The van der Waals surface area contributed by atoms with E-state index in [1.807, 2.05) is 0 Å². The zero-order chi connectivity index (χ0) is 15.4. The highest BCUT2D eigenvalue weighted by Crippen LogP contribution is 2.30. The Hall–Kier alpha value is -1.33. The molecular formula is C15H23ClN4O. The summed E-state index contributed by atoms with van der Waals surface area (Å²) >= 11 is 5.91. The van der Waals surface area contributed by atoms with Gasteiger partial charge in [0.2, 0.25) is 0 Å². The van der Waals surface area contributed by atoms with Crippen LogP contribution in [0.5, 0.6) is 0 Å². The molecule has 1 heterocycles. The van der Waals surface area contributed by atoms with Gasteiger partial charge >= 0.3 is 0 Å². The van der Waals surface area contributed by atoms with Gasteiger partial charge in [0.1, 0.15) is 11.0 Å². The number of nitrogen functional groups attached to an aromatic ring is 1. The Morgan fingerprint density at radius 1 is 1.38 bits per heavy atom. The van der Waals surface area contributed by atoms with Gasteiger partial charge in [-0.05, 0) is 36.8 Å². The molecule has 1 aromatic heterocycles. The number of hydrogen-bond donors (Lipinski definition) is 3. The molecule has 0 saturated heterocycles. The minimum Gasteiger partial charge on any atom is -0.349 e. The SMILES string of the molecule is CC(C)C1CCCCC1NC(=O)c1cc(Cl)nc(NN)c1. The monoisotopic (exact) mass is 310 g/mol. The van der Waals surface area contributed by atoms with Crippen molar-refractivity contribution in [1.82, 2.24) is 10.3 Å². The van der Waals surface area contributed by atoms with Gasteiger partial charge in [0, 0.05) is 11.6 Å². The summed E-state index contributed by atoms with van der Waals surface area (Å²) < 4.78 is 0. The minimum absolute atomic E-state index is 0.117. The van der Waals surface area contributed by atoms with Crippen molar-refractivity contribution < 1.29 is 4.79 Å². The predicted molar refractivity (Wildman–Crippen MR) is 85.1 cm³/mol. The quantitative estimate of drug-likeness (QED) is 0.454. The molecule has 0 bridgehead atoms. The maximum absolute atomic E-state index is 12.4. The van der Waals surface area contributed by atoms with Crippen LogP contribution < -0.4 is 16.6 Å². The fourth-order valence-electron chi connectivity index (χ4n) is 3.09. The Morgan fingerprint density at radius 3 is 2.76 bits per heavy atom. The largest absolute Gasteiger partial charge is 0.349 e. The van der Waals surface area contributed by atoms with Crippen LogP contribution in [0.25, 0.3) is 0 Å². The van der Waals surface area contributed by atoms with E-state index in [1.54, 1.807) is 12.1 Å². The maximum atomic E-state index is 12.4. The summed E-state index contributed by atoms with van der Waals surface area (Å²) in [6, 6.07) is 3.40. The Morgan fingerprint density at radius 2 is 2.10 bits per heavy atom. The summed E-state index contributed by atoms with van der Waals surface area (Å²) in [4.78, 5) is 16.4. The molecule has 116 valence electrons. The Balaban J connectivity index is 2.11. The Kier molecular flexibility index (Phi) is 5.42. The van der Waals surface area contributed by atoms with E-state index < -0.39 is 0 Å². The molecule has 0 aliphatic heterocycles. The molecule has 21 heavy (non-hydrogen) atoms. The first-order valence-electron chi connectivity index (χ1n) is 7.46. The van der Waals surface area contributed by atoms with E-state index in [1.165, 1.54) is 19.3 Å². The first-order chi connectivity index (χ1) is 10.0. The Labute approximate surface area is 130 Å². The van der Waals surface area contributed by atoms with Gasteiger partial charge in [-0.1, -0.05) is 38.3 Å². The zero-order valence-electron chi connectivity index (χ0n) is 12.5. The molecule has 4 N–H and O–H groups in total. The highest BCUT2D eigenvalue weighted by Gasteiger charge is 2.29. The van der Waals surface area contributed by atoms with E-state index in [4.69, 9.17) is 17.4 Å². The van der Waals surface area contributed by atoms with Crippen molar-refractivity contribution in [3.05, 3.63) is 22.8 Å². The lowest BCUT2D eigenvalue weighted by Gasteiger charge is -2.34. The average molecular weight is 311 g/mol. The average Bonchev–Trinajstić information content (AvgIpc) is 2.46. The molecule has 0 aromatic carbocycles. The van der Waals surface area contributed by atoms with Crippen molar-refractivity contribution in [2.75, 3.05) is 5.43 Å². The summed E-state index contributed by atoms with van der Waals surface area (Å²) in [5.41, 5.74) is 2.90. The molecule has 1 aliphatic rings. The summed E-state index contributed by atoms with van der Waals surface area (Å²) in [7, 11) is 0. The molecule has 6 heteroatoms. The van der Waals surface area contributed by atoms with E-state index >= 15 is 0 Å². The van der Waals surface area contributed by atoms with Gasteiger partial charge in [0.15, 0.2) is 0 Å². The van der Waals surface area contributed by atoms with Crippen LogP contribution in [0.2, 0.25) is 5.15 Å². The van der Waals surface area contributed by atoms with Crippen LogP contribution >= 0.6 is 11.6 Å². The van der Waals surface area contributed by atoms with Crippen molar-refractivity contribution in [2.24, 2.45) is 17.7 Å². The molecule has 1 saturated carbocycles. The third kappa shape index (κ3) is 4.08. The molecule has 2 rings (SSSR count). The number of nitrogens with one attached hydrogen (secondary N) is 2. The van der Waals surface area contributed by atoms with Gasteiger partial charge < -0.3 is 10.7 Å². The molecule has 2 unspecified atom stereocenters. The number of hydrogen-bond acceptors (Lipinski definition) is 4. The lowest BCUT2D eigenvalue weighted by Crippen LogP contribution is -2.44. The van der Waals surface area contributed by atoms with Crippen LogP contribution in [0.4, 0.5) is 5.82 Å². The molecule has 1 fully saturated rings. The molecule has 2 atom stereocenters. The van der Waals surface area contributed by atoms with Crippen molar-refractivity contribution in [1.29, 1.82) is 0 Å². The second kappa shape index (κ2) is 7.09. The van der Waals surface area contributed by atoms with Crippen molar-refractivity contribution in [3.63, 3.8) is 0 Å². The van der Waals surface area contributed by atoms with Gasteiger partial charge in [0.05, 0.1) is 0 Å². The molecule has 0 radical (unpaired) electrons. The smallest absolute Gasteiger partial charge is 0.251 e. The maximum Gasteiger partial charge on any atom is 0.251 e. The van der Waals surface area contributed by atoms with Crippen LogP contribution in [0, 0.1) is 11.8 Å². The van der Waals surface area contributed by atoms with Crippen molar-refractivity contribution in [3.8, 4) is 0 Å². The second-order valence-electron chi connectivity index (χ2n) is 5.98. The normalized spacial score (nSPS) is 22.1. The third-order valence-electron chi connectivity index (χ3n) is 4.20. The number of pyridine rings is 1. The minimum atomic E-state index is -0.117. The van der Waals surface area contributed by atoms with Gasteiger partial charge in [0.25, 0.3) is 5.91 Å². The number of halogens is 1. The highest BCUT2D eigenvalue weighted by molar-refractivity contribution is 6.29. The topological polar surface area (TPSA) is 80.0 Å². The summed E-state index contributed by atoms with van der Waals surface area (Å²) in [6.07, 6.45) is 4.63. The standard InChI is InChI=1S/C15H23ClN4O/c1-9(2)11-5-3-4-6-12(11)18-15(21)10-7-13(16)19-14(8-10)20-17/h7-9,11-12H,3-6,17H2,1-2H3,(H,18,21)(H,19,20). The molecule has 0 spiro atoms. The molecule has 5 nitrogen and oxygen atoms in total. The number of nitrogens with zero attached hydrogens (tertiary/aromatic N) is 1. The van der Waals surface area contributed by atoms with E-state index in [-0.39, 0.29) is 17.1 Å². The lowest BCUT2D eigenvalue weighted by atomic mass is 9.78. The number of aromatic nitrogens is 1. The summed E-state index contributed by atoms with van der Waals surface area (Å²) in [5.74, 6) is 6.70. The van der Waals surface area contributed by atoms with Crippen molar-refractivity contribution >= 4 is 23.3 Å². The number of nitrogens with two attached hydrogens (primary N) is 1. The van der Waals surface area contributed by atoms with Crippen LogP contribution in [0.15, 0.2) is 12.1 Å². The summed E-state index contributed by atoms with van der Waals surface area (Å²) in [5, 5.41) is 3.40. The first-order valence-corrected chi connectivity index (χ1v) is 7.84.